The highest BCUT2D eigenvalue weighted by Gasteiger charge is 2.30. The molecule has 3 rings (SSSR count). The van der Waals surface area contributed by atoms with E-state index >= 15 is 0 Å². The van der Waals surface area contributed by atoms with Crippen molar-refractivity contribution in [2.45, 2.75) is 26.4 Å². The SMILES string of the molecule is COc1nccnc1O[C@@H]1CCN(C(=O)c2cc(C)oc2C)C1. The molecular weight excluding hydrogens is 298 g/mol. The van der Waals surface area contributed by atoms with E-state index in [-0.39, 0.29) is 12.0 Å². The van der Waals surface area contributed by atoms with Crippen molar-refractivity contribution in [1.29, 1.82) is 0 Å². The van der Waals surface area contributed by atoms with E-state index in [2.05, 4.69) is 9.97 Å². The van der Waals surface area contributed by atoms with Gasteiger partial charge in [-0.15, -0.1) is 0 Å². The lowest BCUT2D eigenvalue weighted by Gasteiger charge is -2.17. The number of carbonyl (C=O) groups excluding carboxylic acids is 1. The van der Waals surface area contributed by atoms with Crippen LogP contribution in [-0.4, -0.2) is 47.1 Å². The van der Waals surface area contributed by atoms with E-state index in [1.165, 1.54) is 7.11 Å². The Labute approximate surface area is 134 Å². The van der Waals surface area contributed by atoms with Crippen molar-refractivity contribution in [3.8, 4) is 11.8 Å². The van der Waals surface area contributed by atoms with Gasteiger partial charge >= 0.3 is 0 Å². The molecule has 0 aromatic carbocycles. The van der Waals surface area contributed by atoms with Gasteiger partial charge in [0.25, 0.3) is 17.7 Å². The summed E-state index contributed by atoms with van der Waals surface area (Å²) in [5, 5.41) is 0. The van der Waals surface area contributed by atoms with E-state index in [0.29, 0.717) is 36.2 Å². The first-order valence-electron chi connectivity index (χ1n) is 7.46. The molecule has 1 aliphatic heterocycles. The summed E-state index contributed by atoms with van der Waals surface area (Å²) >= 11 is 0. The molecule has 2 aromatic heterocycles. The summed E-state index contributed by atoms with van der Waals surface area (Å²) in [6.07, 6.45) is 3.70. The van der Waals surface area contributed by atoms with Gasteiger partial charge in [0.05, 0.1) is 19.2 Å². The Bertz CT molecular complexity index is 713. The number of amides is 1. The Morgan fingerprint density at radius 2 is 2.04 bits per heavy atom. The first kappa shape index (κ1) is 15.3. The van der Waals surface area contributed by atoms with Gasteiger partial charge in [0, 0.05) is 25.4 Å². The van der Waals surface area contributed by atoms with Gasteiger partial charge in [0.1, 0.15) is 17.6 Å². The number of carbonyl (C=O) groups is 1. The zero-order valence-electron chi connectivity index (χ0n) is 13.4. The lowest BCUT2D eigenvalue weighted by atomic mass is 10.2. The number of ether oxygens (including phenoxy) is 2. The van der Waals surface area contributed by atoms with Crippen molar-refractivity contribution < 1.29 is 18.7 Å². The van der Waals surface area contributed by atoms with Gasteiger partial charge in [0.15, 0.2) is 0 Å². The highest BCUT2D eigenvalue weighted by Crippen LogP contribution is 2.25. The molecule has 0 N–H and O–H groups in total. The number of likely N-dealkylation sites (tertiary alicyclic amines) is 1. The average Bonchev–Trinajstić information content (AvgIpc) is 3.13. The minimum atomic E-state index is -0.127. The lowest BCUT2D eigenvalue weighted by molar-refractivity contribution is 0.0768. The fraction of sp³-hybridized carbons (Fsp3) is 0.438. The molecule has 0 saturated carbocycles. The second-order valence-corrected chi connectivity index (χ2v) is 5.48. The van der Waals surface area contributed by atoms with Crippen LogP contribution in [0.3, 0.4) is 0 Å². The molecule has 0 spiro atoms. The van der Waals surface area contributed by atoms with Crippen LogP contribution in [0, 0.1) is 13.8 Å². The number of aromatic nitrogens is 2. The maximum absolute atomic E-state index is 12.6. The van der Waals surface area contributed by atoms with Crippen molar-refractivity contribution in [2.75, 3.05) is 20.2 Å². The largest absolute Gasteiger partial charge is 0.477 e. The topological polar surface area (TPSA) is 77.7 Å². The number of nitrogens with zero attached hydrogens (tertiary/aromatic N) is 3. The zero-order valence-corrected chi connectivity index (χ0v) is 13.4. The Morgan fingerprint density at radius 1 is 1.30 bits per heavy atom. The summed E-state index contributed by atoms with van der Waals surface area (Å²) in [5.41, 5.74) is 0.611. The molecule has 0 aliphatic carbocycles. The van der Waals surface area contributed by atoms with Gasteiger partial charge in [-0.25, -0.2) is 9.97 Å². The van der Waals surface area contributed by atoms with Crippen molar-refractivity contribution in [3.63, 3.8) is 0 Å². The third-order valence-electron chi connectivity index (χ3n) is 3.81. The molecule has 7 heteroatoms. The zero-order chi connectivity index (χ0) is 16.4. The standard InChI is InChI=1S/C16H19N3O4/c1-10-8-13(11(2)22-10)16(20)19-7-4-12(9-19)23-15-14(21-3)17-5-6-18-15/h5-6,8,12H,4,7,9H2,1-3H3/t12-/m1/s1. The Balaban J connectivity index is 1.66. The van der Waals surface area contributed by atoms with Crippen LogP contribution in [0.1, 0.15) is 28.3 Å². The van der Waals surface area contributed by atoms with Crippen molar-refractivity contribution in [1.82, 2.24) is 14.9 Å². The van der Waals surface area contributed by atoms with Gasteiger partial charge in [-0.05, 0) is 19.9 Å². The molecule has 3 heterocycles. The van der Waals surface area contributed by atoms with Gasteiger partial charge in [0.2, 0.25) is 0 Å². The van der Waals surface area contributed by atoms with Crippen molar-refractivity contribution in [3.05, 3.63) is 35.5 Å². The summed E-state index contributed by atoms with van der Waals surface area (Å²) in [4.78, 5) is 22.5. The van der Waals surface area contributed by atoms with E-state index in [1.54, 1.807) is 30.3 Å². The van der Waals surface area contributed by atoms with E-state index < -0.39 is 0 Å². The average molecular weight is 317 g/mol. The van der Waals surface area contributed by atoms with Crippen LogP contribution in [0.5, 0.6) is 11.8 Å². The Kier molecular flexibility index (Phi) is 4.18. The predicted molar refractivity (Wildman–Crippen MR) is 81.7 cm³/mol. The molecule has 2 aromatic rings. The molecule has 7 nitrogen and oxygen atoms in total. The quantitative estimate of drug-likeness (QED) is 0.858. The Morgan fingerprint density at radius 3 is 2.70 bits per heavy atom. The molecule has 23 heavy (non-hydrogen) atoms. The highest BCUT2D eigenvalue weighted by molar-refractivity contribution is 5.95. The minimum Gasteiger partial charge on any atom is -0.477 e. The van der Waals surface area contributed by atoms with Crippen LogP contribution in [-0.2, 0) is 0 Å². The second kappa shape index (κ2) is 6.28. The number of hydrogen-bond acceptors (Lipinski definition) is 6. The molecule has 1 fully saturated rings. The van der Waals surface area contributed by atoms with Crippen LogP contribution in [0.15, 0.2) is 22.9 Å². The maximum Gasteiger partial charge on any atom is 0.278 e. The number of hydrogen-bond donors (Lipinski definition) is 0. The monoisotopic (exact) mass is 317 g/mol. The molecule has 1 amide bonds. The van der Waals surface area contributed by atoms with Crippen LogP contribution >= 0.6 is 0 Å². The molecule has 0 unspecified atom stereocenters. The van der Waals surface area contributed by atoms with Crippen LogP contribution < -0.4 is 9.47 Å². The van der Waals surface area contributed by atoms with Crippen molar-refractivity contribution >= 4 is 5.91 Å². The molecule has 0 radical (unpaired) electrons. The van der Waals surface area contributed by atoms with E-state index in [0.717, 1.165) is 12.2 Å². The highest BCUT2D eigenvalue weighted by atomic mass is 16.5. The van der Waals surface area contributed by atoms with E-state index in [9.17, 15) is 4.79 Å². The molecule has 0 bridgehead atoms. The summed E-state index contributed by atoms with van der Waals surface area (Å²) in [5.74, 6) is 2.05. The normalized spacial score (nSPS) is 17.3. The van der Waals surface area contributed by atoms with Gasteiger partial charge in [-0.3, -0.25) is 4.79 Å². The lowest BCUT2D eigenvalue weighted by Crippen LogP contribution is -2.31. The van der Waals surface area contributed by atoms with E-state index in [4.69, 9.17) is 13.9 Å². The summed E-state index contributed by atoms with van der Waals surface area (Å²) in [6.45, 7) is 4.77. The van der Waals surface area contributed by atoms with Crippen LogP contribution in [0.25, 0.3) is 0 Å². The van der Waals surface area contributed by atoms with Gasteiger partial charge in [-0.2, -0.15) is 0 Å². The maximum atomic E-state index is 12.6. The predicted octanol–water partition coefficient (Wildman–Crippen LogP) is 1.99. The molecule has 122 valence electrons. The molecular formula is C16H19N3O4. The van der Waals surface area contributed by atoms with E-state index in [1.807, 2.05) is 6.92 Å². The number of furan rings is 1. The third kappa shape index (κ3) is 3.13. The second-order valence-electron chi connectivity index (χ2n) is 5.48. The minimum absolute atomic E-state index is 0.0310. The van der Waals surface area contributed by atoms with Crippen molar-refractivity contribution in [2.24, 2.45) is 0 Å². The number of rotatable bonds is 4. The molecule has 1 aliphatic rings. The number of aryl methyl sites for hydroxylation is 2. The third-order valence-corrected chi connectivity index (χ3v) is 3.81. The molecule has 1 atom stereocenters. The molecule has 1 saturated heterocycles. The van der Waals surface area contributed by atoms with Crippen LogP contribution in [0.4, 0.5) is 0 Å². The summed E-state index contributed by atoms with van der Waals surface area (Å²) < 4.78 is 16.4. The fourth-order valence-corrected chi connectivity index (χ4v) is 2.71. The first-order valence-corrected chi connectivity index (χ1v) is 7.46. The van der Waals surface area contributed by atoms with Gasteiger partial charge in [-0.1, -0.05) is 0 Å². The first-order chi connectivity index (χ1) is 11.1. The van der Waals surface area contributed by atoms with Gasteiger partial charge < -0.3 is 18.8 Å². The number of methoxy groups -OCH3 is 1. The summed E-state index contributed by atoms with van der Waals surface area (Å²) in [7, 11) is 1.52. The smallest absolute Gasteiger partial charge is 0.278 e. The summed E-state index contributed by atoms with van der Waals surface area (Å²) in [6, 6.07) is 1.78. The fourth-order valence-electron chi connectivity index (χ4n) is 2.71. The Hall–Kier alpha value is -2.57. The van der Waals surface area contributed by atoms with Crippen LogP contribution in [0.2, 0.25) is 0 Å².